The number of amides is 6. The Kier molecular flexibility index (Phi) is 15.6. The third-order valence-electron chi connectivity index (χ3n) is 9.35. The normalized spacial score (nSPS) is 22.5. The van der Waals surface area contributed by atoms with Crippen molar-refractivity contribution < 1.29 is 28.8 Å². The fourth-order valence-corrected chi connectivity index (χ4v) is 6.58. The molecule has 54 heavy (non-hydrogen) atoms. The maximum atomic E-state index is 14.3. The number of carbonyl (C=O) groups is 6. The van der Waals surface area contributed by atoms with Gasteiger partial charge >= 0.3 is 0 Å². The minimum atomic E-state index is -1.16. The zero-order valence-corrected chi connectivity index (χ0v) is 31.7. The number of nitrogens with two attached hydrogens (primary N) is 1. The van der Waals surface area contributed by atoms with Crippen molar-refractivity contribution in [3.05, 3.63) is 71.9 Å². The quantitative estimate of drug-likeness (QED) is 0.128. The molecule has 14 nitrogen and oxygen atoms in total. The van der Waals surface area contributed by atoms with Gasteiger partial charge in [0.1, 0.15) is 30.2 Å². The molecule has 0 radical (unpaired) electrons. The summed E-state index contributed by atoms with van der Waals surface area (Å²) in [4.78, 5) is 86.2. The van der Waals surface area contributed by atoms with Crippen LogP contribution in [-0.4, -0.2) is 83.7 Å². The maximum absolute atomic E-state index is 14.3. The van der Waals surface area contributed by atoms with Crippen LogP contribution in [0.15, 0.2) is 60.8 Å². The van der Waals surface area contributed by atoms with Gasteiger partial charge in [0.15, 0.2) is 0 Å². The zero-order valence-electron chi connectivity index (χ0n) is 31.7. The molecular formula is C40H56N8O6. The number of unbranched alkanes of at least 4 members (excludes halogenated alkanes) is 1. The summed E-state index contributed by atoms with van der Waals surface area (Å²) in [6.07, 6.45) is 3.81. The molecule has 1 aromatic heterocycles. The van der Waals surface area contributed by atoms with Crippen LogP contribution in [0.2, 0.25) is 0 Å². The van der Waals surface area contributed by atoms with Crippen LogP contribution in [0.4, 0.5) is 0 Å². The lowest BCUT2D eigenvalue weighted by atomic mass is 9.99. The van der Waals surface area contributed by atoms with Crippen molar-refractivity contribution in [2.75, 3.05) is 13.1 Å². The highest BCUT2D eigenvalue weighted by molar-refractivity contribution is 5.98. The molecule has 0 saturated carbocycles. The molecular weight excluding hydrogens is 688 g/mol. The molecule has 0 aliphatic carbocycles. The van der Waals surface area contributed by atoms with Crippen LogP contribution in [0.5, 0.6) is 0 Å². The largest absolute Gasteiger partial charge is 0.361 e. The summed E-state index contributed by atoms with van der Waals surface area (Å²) < 4.78 is 0. The van der Waals surface area contributed by atoms with Gasteiger partial charge in [0.2, 0.25) is 35.4 Å². The second-order valence-electron chi connectivity index (χ2n) is 14.9. The fourth-order valence-electron chi connectivity index (χ4n) is 6.58. The van der Waals surface area contributed by atoms with E-state index in [2.05, 4.69) is 36.9 Å². The van der Waals surface area contributed by atoms with E-state index in [4.69, 9.17) is 5.73 Å². The van der Waals surface area contributed by atoms with Crippen molar-refractivity contribution in [1.82, 2.24) is 36.9 Å². The zero-order chi connectivity index (χ0) is 39.2. The van der Waals surface area contributed by atoms with Crippen LogP contribution in [-0.2, 0) is 41.6 Å². The van der Waals surface area contributed by atoms with E-state index < -0.39 is 72.2 Å². The summed E-state index contributed by atoms with van der Waals surface area (Å²) >= 11 is 0. The van der Waals surface area contributed by atoms with Gasteiger partial charge in [0.25, 0.3) is 0 Å². The Hall–Kier alpha value is -5.24. The lowest BCUT2D eigenvalue weighted by molar-refractivity contribution is -0.136. The minimum Gasteiger partial charge on any atom is -0.361 e. The van der Waals surface area contributed by atoms with Crippen molar-refractivity contribution in [2.24, 2.45) is 17.6 Å². The molecule has 1 aliphatic rings. The number of carbonyl (C=O) groups excluding carboxylic acids is 6. The molecule has 4 rings (SSSR count). The van der Waals surface area contributed by atoms with E-state index in [9.17, 15) is 28.8 Å². The van der Waals surface area contributed by atoms with Gasteiger partial charge in [-0.15, -0.1) is 0 Å². The average molecular weight is 745 g/mol. The van der Waals surface area contributed by atoms with Gasteiger partial charge in [-0.2, -0.15) is 0 Å². The molecule has 9 N–H and O–H groups in total. The molecule has 2 heterocycles. The van der Waals surface area contributed by atoms with Crippen LogP contribution in [0.25, 0.3) is 10.9 Å². The molecule has 0 spiro atoms. The third-order valence-corrected chi connectivity index (χ3v) is 9.35. The molecule has 2 aromatic carbocycles. The highest BCUT2D eigenvalue weighted by Gasteiger charge is 2.34. The predicted molar refractivity (Wildman–Crippen MR) is 207 cm³/mol. The summed E-state index contributed by atoms with van der Waals surface area (Å²) in [5.41, 5.74) is 8.13. The molecule has 1 saturated heterocycles. The molecule has 0 unspecified atom stereocenters. The van der Waals surface area contributed by atoms with Gasteiger partial charge in [-0.3, -0.25) is 28.8 Å². The second kappa shape index (κ2) is 20.3. The van der Waals surface area contributed by atoms with Crippen LogP contribution in [0.3, 0.4) is 0 Å². The van der Waals surface area contributed by atoms with Crippen molar-refractivity contribution in [3.63, 3.8) is 0 Å². The Labute approximate surface area is 316 Å². The second-order valence-corrected chi connectivity index (χ2v) is 14.9. The maximum Gasteiger partial charge on any atom is 0.243 e. The van der Waals surface area contributed by atoms with Gasteiger partial charge in [-0.25, -0.2) is 0 Å². The summed E-state index contributed by atoms with van der Waals surface area (Å²) in [6, 6.07) is 11.3. The summed E-state index contributed by atoms with van der Waals surface area (Å²) in [5.74, 6) is -3.56. The van der Waals surface area contributed by atoms with Crippen molar-refractivity contribution in [1.29, 1.82) is 0 Å². The fraction of sp³-hybridized carbons (Fsp3) is 0.500. The highest BCUT2D eigenvalue weighted by Crippen LogP contribution is 2.20. The van der Waals surface area contributed by atoms with Crippen LogP contribution in [0, 0.1) is 11.8 Å². The van der Waals surface area contributed by atoms with Crippen LogP contribution in [0.1, 0.15) is 70.9 Å². The van der Waals surface area contributed by atoms with Gasteiger partial charge < -0.3 is 42.6 Å². The number of hydrogen-bond acceptors (Lipinski definition) is 7. The Bertz CT molecular complexity index is 1740. The minimum absolute atomic E-state index is 0.00386. The Morgan fingerprint density at radius 1 is 0.611 bits per heavy atom. The van der Waals surface area contributed by atoms with Gasteiger partial charge in [0.05, 0.1) is 6.54 Å². The smallest absolute Gasteiger partial charge is 0.243 e. The van der Waals surface area contributed by atoms with Crippen molar-refractivity contribution >= 4 is 46.3 Å². The van der Waals surface area contributed by atoms with E-state index in [0.717, 1.165) is 22.0 Å². The highest BCUT2D eigenvalue weighted by atomic mass is 16.2. The molecule has 3 aromatic rings. The summed E-state index contributed by atoms with van der Waals surface area (Å²) in [5, 5.41) is 17.6. The number of H-pyrrole nitrogens is 1. The Morgan fingerprint density at radius 2 is 1.15 bits per heavy atom. The number of hydrogen-bond donors (Lipinski definition) is 8. The van der Waals surface area contributed by atoms with Crippen LogP contribution >= 0.6 is 0 Å². The topological polar surface area (TPSA) is 216 Å². The lowest BCUT2D eigenvalue weighted by Gasteiger charge is -2.28. The van der Waals surface area contributed by atoms with Gasteiger partial charge in [-0.1, -0.05) is 76.2 Å². The van der Waals surface area contributed by atoms with E-state index in [0.29, 0.717) is 19.4 Å². The Morgan fingerprint density at radius 3 is 1.80 bits per heavy atom. The summed E-state index contributed by atoms with van der Waals surface area (Å²) in [7, 11) is 0. The molecule has 6 amide bonds. The van der Waals surface area contributed by atoms with Gasteiger partial charge in [-0.05, 0) is 67.7 Å². The van der Waals surface area contributed by atoms with E-state index in [1.54, 1.807) is 6.20 Å². The molecule has 14 heteroatoms. The SMILES string of the molecule is CC(C)C[C@@H]1NC(=O)CNC(=O)[C@H](Cc2ccccc2)NC(=O)[C@H](Cc2c[nH]c3ccccc23)NC(=O)[C@H](CCCCN)NC(=O)[C@@H](CC(C)C)NC1=O. The van der Waals surface area contributed by atoms with E-state index in [-0.39, 0.29) is 43.9 Å². The summed E-state index contributed by atoms with van der Waals surface area (Å²) in [6.45, 7) is 7.54. The van der Waals surface area contributed by atoms with Crippen molar-refractivity contribution in [2.45, 2.75) is 103 Å². The number of rotatable bonds is 12. The average Bonchev–Trinajstić information content (AvgIpc) is 3.54. The number of aromatic nitrogens is 1. The molecule has 5 atom stereocenters. The molecule has 0 bridgehead atoms. The molecule has 1 fully saturated rings. The van der Waals surface area contributed by atoms with Crippen LogP contribution < -0.4 is 37.6 Å². The van der Waals surface area contributed by atoms with Gasteiger partial charge in [0, 0.05) is 29.9 Å². The number of aromatic amines is 1. The Balaban J connectivity index is 1.74. The number of nitrogens with one attached hydrogen (secondary N) is 7. The monoisotopic (exact) mass is 744 g/mol. The third kappa shape index (κ3) is 12.4. The predicted octanol–water partition coefficient (Wildman–Crippen LogP) is 1.73. The first kappa shape index (κ1) is 41.5. The van der Waals surface area contributed by atoms with Crippen molar-refractivity contribution in [3.8, 4) is 0 Å². The van der Waals surface area contributed by atoms with E-state index >= 15 is 0 Å². The number of para-hydroxylation sites is 1. The first-order chi connectivity index (χ1) is 25.8. The molecule has 292 valence electrons. The van der Waals surface area contributed by atoms with E-state index in [1.807, 2.05) is 82.3 Å². The number of fused-ring (bicyclic) bond motifs is 1. The molecule has 1 aliphatic heterocycles. The first-order valence-corrected chi connectivity index (χ1v) is 18.9. The lowest BCUT2D eigenvalue weighted by Crippen LogP contribution is -2.60. The first-order valence-electron chi connectivity index (χ1n) is 18.9. The number of benzene rings is 2. The van der Waals surface area contributed by atoms with E-state index in [1.165, 1.54) is 0 Å². The standard InChI is InChI=1S/C40H56N8O6/c1-24(2)18-31-38(52)46-32(19-25(3)4)39(53)45-30(16-10-11-17-41)37(51)48-34(21-27-22-42-29-15-9-8-14-28(27)29)40(54)47-33(20-26-12-6-5-7-13-26)36(50)43-23-35(49)44-31/h5-9,12-15,22,24-25,30-34,42H,10-11,16-21,23,41H2,1-4H3,(H,43,50)(H,44,49)(H,45,53)(H,46,52)(H,47,54)(H,48,51)/t30-,31-,32+,33-,34-/m0/s1.